The first-order chi connectivity index (χ1) is 15.2. The lowest BCUT2D eigenvalue weighted by atomic mass is 10.1. The van der Waals surface area contributed by atoms with Gasteiger partial charge in [-0.2, -0.15) is 5.10 Å². The molecule has 1 aromatic heterocycles. The van der Waals surface area contributed by atoms with Crippen molar-refractivity contribution in [1.29, 1.82) is 0 Å². The van der Waals surface area contributed by atoms with E-state index in [9.17, 15) is 9.59 Å². The topological polar surface area (TPSA) is 76.5 Å². The van der Waals surface area contributed by atoms with Gasteiger partial charge in [-0.3, -0.25) is 9.59 Å². The van der Waals surface area contributed by atoms with Gasteiger partial charge >= 0.3 is 0 Å². The average molecular weight is 421 g/mol. The lowest BCUT2D eigenvalue weighted by Crippen LogP contribution is -2.35. The first-order valence-electron chi connectivity index (χ1n) is 10.8. The Morgan fingerprint density at radius 2 is 1.68 bits per heavy atom. The van der Waals surface area contributed by atoms with Gasteiger partial charge in [0.05, 0.1) is 12.5 Å². The second kappa shape index (κ2) is 9.64. The molecule has 1 fully saturated rings. The van der Waals surface area contributed by atoms with Crippen molar-refractivity contribution in [3.63, 3.8) is 0 Å². The van der Waals surface area contributed by atoms with E-state index >= 15 is 0 Å². The van der Waals surface area contributed by atoms with Gasteiger partial charge in [-0.05, 0) is 36.6 Å². The highest BCUT2D eigenvalue weighted by atomic mass is 16.5. The quantitative estimate of drug-likeness (QED) is 0.663. The normalized spacial score (nSPS) is 14.3. The molecule has 1 saturated heterocycles. The maximum Gasteiger partial charge on any atom is 0.275 e. The molecule has 0 saturated carbocycles. The van der Waals surface area contributed by atoms with E-state index in [1.165, 1.54) is 17.5 Å². The van der Waals surface area contributed by atoms with Gasteiger partial charge in [0.2, 0.25) is 5.91 Å². The minimum atomic E-state index is -0.248. The van der Waals surface area contributed by atoms with E-state index in [4.69, 9.17) is 4.74 Å². The Labute approximate surface area is 181 Å². The van der Waals surface area contributed by atoms with Crippen molar-refractivity contribution in [2.24, 2.45) is 0 Å². The number of aromatic nitrogens is 2. The second-order valence-electron chi connectivity index (χ2n) is 7.86. The molecule has 162 valence electrons. The summed E-state index contributed by atoms with van der Waals surface area (Å²) in [5, 5.41) is 8.96. The Morgan fingerprint density at radius 3 is 2.35 bits per heavy atom. The van der Waals surface area contributed by atoms with Crippen LogP contribution < -0.4 is 20.5 Å². The van der Waals surface area contributed by atoms with Crippen molar-refractivity contribution in [1.82, 2.24) is 15.1 Å². The Morgan fingerprint density at radius 1 is 1.00 bits per heavy atom. The van der Waals surface area contributed by atoms with Crippen LogP contribution in [0.3, 0.4) is 0 Å². The fraction of sp³-hybridized carbons (Fsp3) is 0.375. The van der Waals surface area contributed by atoms with Crippen molar-refractivity contribution in [3.8, 4) is 5.75 Å². The van der Waals surface area contributed by atoms with E-state index in [2.05, 4.69) is 15.3 Å². The zero-order valence-corrected chi connectivity index (χ0v) is 17.8. The minimum absolute atomic E-state index is 0.110. The number of nitrogens with one attached hydrogen (secondary N) is 1. The predicted molar refractivity (Wildman–Crippen MR) is 122 cm³/mol. The highest BCUT2D eigenvalue weighted by Gasteiger charge is 2.18. The van der Waals surface area contributed by atoms with E-state index < -0.39 is 0 Å². The number of hydrogen-bond donors (Lipinski definition) is 1. The molecule has 1 N–H and O–H groups in total. The molecular weight excluding hydrogens is 392 g/mol. The third-order valence-corrected chi connectivity index (χ3v) is 5.70. The molecule has 2 heterocycles. The summed E-state index contributed by atoms with van der Waals surface area (Å²) in [6.07, 6.45) is 4.64. The minimum Gasteiger partial charge on any atom is -0.497 e. The number of methoxy groups -OCH3 is 1. The van der Waals surface area contributed by atoms with Crippen molar-refractivity contribution in [2.45, 2.75) is 38.8 Å². The van der Waals surface area contributed by atoms with Gasteiger partial charge < -0.3 is 15.0 Å². The van der Waals surface area contributed by atoms with Crippen LogP contribution in [0, 0.1) is 0 Å². The second-order valence-corrected chi connectivity index (χ2v) is 7.86. The van der Waals surface area contributed by atoms with E-state index in [1.54, 1.807) is 7.11 Å². The summed E-state index contributed by atoms with van der Waals surface area (Å²) in [4.78, 5) is 27.8. The van der Waals surface area contributed by atoms with Crippen LogP contribution in [0.2, 0.25) is 0 Å². The molecule has 31 heavy (non-hydrogen) atoms. The summed E-state index contributed by atoms with van der Waals surface area (Å²) in [6, 6.07) is 15.0. The molecule has 3 aromatic rings. The number of nitrogens with zero attached hydrogens (tertiary/aromatic N) is 3. The number of hydrogen-bond acceptors (Lipinski definition) is 5. The smallest absolute Gasteiger partial charge is 0.275 e. The molecule has 1 aliphatic heterocycles. The van der Waals surface area contributed by atoms with E-state index in [0.717, 1.165) is 48.4 Å². The molecule has 0 unspecified atom stereocenters. The van der Waals surface area contributed by atoms with Crippen LogP contribution in [0.15, 0.2) is 53.3 Å². The standard InChI is InChI=1S/C24H28N4O3/c1-31-19-12-10-18(11-13-19)16-25-22(29)17-28-24(30)21-9-5-4-8-20(21)23(26-28)27-14-6-2-3-7-15-27/h4-5,8-13H,2-3,6-7,14-17H2,1H3,(H,25,29). The Bertz CT molecular complexity index is 1100. The molecule has 7 nitrogen and oxygen atoms in total. The number of ether oxygens (including phenoxy) is 1. The SMILES string of the molecule is COc1ccc(CNC(=O)Cn2nc(N3CCCCCC3)c3ccccc3c2=O)cc1. The van der Waals surface area contributed by atoms with Crippen LogP contribution >= 0.6 is 0 Å². The monoisotopic (exact) mass is 420 g/mol. The number of carbonyl (C=O) groups is 1. The van der Waals surface area contributed by atoms with E-state index in [0.29, 0.717) is 11.9 Å². The van der Waals surface area contributed by atoms with Crippen molar-refractivity contribution < 1.29 is 9.53 Å². The number of carbonyl (C=O) groups excluding carboxylic acids is 1. The number of benzene rings is 2. The van der Waals surface area contributed by atoms with Crippen LogP contribution in [0.5, 0.6) is 5.75 Å². The van der Waals surface area contributed by atoms with Crippen molar-refractivity contribution in [3.05, 3.63) is 64.4 Å². The van der Waals surface area contributed by atoms with Gasteiger partial charge in [-0.1, -0.05) is 43.2 Å². The summed E-state index contributed by atoms with van der Waals surface area (Å²) >= 11 is 0. The lowest BCUT2D eigenvalue weighted by molar-refractivity contribution is -0.122. The molecule has 2 aromatic carbocycles. The molecule has 0 spiro atoms. The zero-order chi connectivity index (χ0) is 21.6. The Balaban J connectivity index is 1.55. The summed E-state index contributed by atoms with van der Waals surface area (Å²) in [5.41, 5.74) is 0.715. The number of fused-ring (bicyclic) bond motifs is 1. The largest absolute Gasteiger partial charge is 0.497 e. The van der Waals surface area contributed by atoms with E-state index in [1.807, 2.05) is 48.5 Å². The average Bonchev–Trinajstić information content (AvgIpc) is 3.09. The van der Waals surface area contributed by atoms with Gasteiger partial charge in [0.1, 0.15) is 12.3 Å². The van der Waals surface area contributed by atoms with Crippen molar-refractivity contribution >= 4 is 22.5 Å². The third kappa shape index (κ3) is 4.87. The molecule has 0 atom stereocenters. The highest BCUT2D eigenvalue weighted by molar-refractivity contribution is 5.91. The molecular formula is C24H28N4O3. The van der Waals surface area contributed by atoms with Gasteiger partial charge in [0.15, 0.2) is 5.82 Å². The molecule has 0 aliphatic carbocycles. The van der Waals surface area contributed by atoms with E-state index in [-0.39, 0.29) is 18.0 Å². The Hall–Kier alpha value is -3.35. The summed E-state index contributed by atoms with van der Waals surface area (Å²) in [5.74, 6) is 1.31. The van der Waals surface area contributed by atoms with Gasteiger partial charge in [-0.15, -0.1) is 0 Å². The summed E-state index contributed by atoms with van der Waals surface area (Å²) < 4.78 is 6.45. The van der Waals surface area contributed by atoms with Crippen molar-refractivity contribution in [2.75, 3.05) is 25.1 Å². The maximum atomic E-state index is 13.0. The fourth-order valence-electron chi connectivity index (χ4n) is 3.98. The van der Waals surface area contributed by atoms with Gasteiger partial charge in [0, 0.05) is 25.0 Å². The van der Waals surface area contributed by atoms with Crippen LogP contribution in [0.4, 0.5) is 5.82 Å². The van der Waals surface area contributed by atoms with Gasteiger partial charge in [0.25, 0.3) is 5.56 Å². The van der Waals surface area contributed by atoms with Crippen LogP contribution in [-0.4, -0.2) is 35.9 Å². The molecule has 1 aliphatic rings. The van der Waals surface area contributed by atoms with Crippen LogP contribution in [0.1, 0.15) is 31.2 Å². The molecule has 4 rings (SSSR count). The summed E-state index contributed by atoms with van der Waals surface area (Å²) in [6.45, 7) is 2.10. The van der Waals surface area contributed by atoms with Gasteiger partial charge in [-0.25, -0.2) is 4.68 Å². The summed E-state index contributed by atoms with van der Waals surface area (Å²) in [7, 11) is 1.62. The molecule has 1 amide bonds. The first-order valence-corrected chi connectivity index (χ1v) is 10.8. The zero-order valence-electron chi connectivity index (χ0n) is 17.8. The lowest BCUT2D eigenvalue weighted by Gasteiger charge is -2.23. The highest BCUT2D eigenvalue weighted by Crippen LogP contribution is 2.24. The van der Waals surface area contributed by atoms with Crippen LogP contribution in [0.25, 0.3) is 10.8 Å². The molecule has 0 radical (unpaired) electrons. The first kappa shape index (κ1) is 20.9. The Kier molecular flexibility index (Phi) is 6.50. The molecule has 7 heteroatoms. The number of anilines is 1. The fourth-order valence-corrected chi connectivity index (χ4v) is 3.98. The molecule has 0 bridgehead atoms. The number of amides is 1. The number of rotatable bonds is 6. The maximum absolute atomic E-state index is 13.0. The van der Waals surface area contributed by atoms with Crippen LogP contribution in [-0.2, 0) is 17.9 Å². The predicted octanol–water partition coefficient (Wildman–Crippen LogP) is 3.10. The third-order valence-electron chi connectivity index (χ3n) is 5.70.